The van der Waals surface area contributed by atoms with Gasteiger partial charge in [-0.3, -0.25) is 4.79 Å². The minimum absolute atomic E-state index is 0.136. The van der Waals surface area contributed by atoms with Crippen LogP contribution in [0, 0.1) is 0 Å². The summed E-state index contributed by atoms with van der Waals surface area (Å²) in [5, 5.41) is 2.90. The van der Waals surface area contributed by atoms with Crippen LogP contribution in [0.4, 0.5) is 11.4 Å². The number of benzene rings is 2. The van der Waals surface area contributed by atoms with E-state index >= 15 is 0 Å². The van der Waals surface area contributed by atoms with Crippen molar-refractivity contribution in [3.05, 3.63) is 54.1 Å². The van der Waals surface area contributed by atoms with Crippen LogP contribution in [0.15, 0.2) is 48.5 Å². The van der Waals surface area contributed by atoms with E-state index in [2.05, 4.69) is 5.32 Å². The first kappa shape index (κ1) is 17.3. The monoisotopic (exact) mass is 340 g/mol. The molecule has 132 valence electrons. The molecule has 1 saturated heterocycles. The van der Waals surface area contributed by atoms with Gasteiger partial charge in [-0.1, -0.05) is 0 Å². The molecule has 0 radical (unpaired) electrons. The molecule has 0 aromatic heterocycles. The zero-order valence-corrected chi connectivity index (χ0v) is 14.7. The molecule has 1 fully saturated rings. The average molecular weight is 340 g/mol. The largest absolute Gasteiger partial charge is 0.491 e. The van der Waals surface area contributed by atoms with E-state index in [0.717, 1.165) is 36.6 Å². The van der Waals surface area contributed by atoms with Crippen LogP contribution in [0.25, 0.3) is 0 Å². The summed E-state index contributed by atoms with van der Waals surface area (Å²) in [6, 6.07) is 14.9. The summed E-state index contributed by atoms with van der Waals surface area (Å²) in [5.41, 5.74) is 2.46. The first-order chi connectivity index (χ1) is 12.1. The van der Waals surface area contributed by atoms with Crippen LogP contribution in [0.5, 0.6) is 5.75 Å². The maximum absolute atomic E-state index is 12.3. The third-order valence-corrected chi connectivity index (χ3v) is 4.22. The van der Waals surface area contributed by atoms with E-state index in [1.807, 2.05) is 55.4 Å². The predicted octanol–water partition coefficient (Wildman–Crippen LogP) is 3.56. The Morgan fingerprint density at radius 1 is 1.16 bits per heavy atom. The number of carbonyl (C=O) groups is 1. The van der Waals surface area contributed by atoms with Gasteiger partial charge in [0.05, 0.1) is 6.10 Å². The maximum atomic E-state index is 12.3. The van der Waals surface area contributed by atoms with Crippen LogP contribution in [0.3, 0.4) is 0 Å². The highest BCUT2D eigenvalue weighted by Crippen LogP contribution is 2.19. The quantitative estimate of drug-likeness (QED) is 0.873. The average Bonchev–Trinajstić information content (AvgIpc) is 3.14. The van der Waals surface area contributed by atoms with E-state index in [1.54, 1.807) is 12.1 Å². The lowest BCUT2D eigenvalue weighted by Gasteiger charge is -2.13. The van der Waals surface area contributed by atoms with Gasteiger partial charge in [-0.15, -0.1) is 0 Å². The topological polar surface area (TPSA) is 50.8 Å². The molecule has 1 heterocycles. The zero-order valence-electron chi connectivity index (χ0n) is 14.7. The van der Waals surface area contributed by atoms with Gasteiger partial charge in [-0.25, -0.2) is 0 Å². The Hall–Kier alpha value is -2.53. The highest BCUT2D eigenvalue weighted by atomic mass is 16.5. The SMILES string of the molecule is CN(C)c1ccc(NC(=O)c2ccc(OC[C@@H]3CCCO3)cc2)cc1. The number of nitrogens with one attached hydrogen (secondary N) is 1. The highest BCUT2D eigenvalue weighted by molar-refractivity contribution is 6.04. The fraction of sp³-hybridized carbons (Fsp3) is 0.350. The van der Waals surface area contributed by atoms with Crippen LogP contribution in [0.2, 0.25) is 0 Å². The number of anilines is 2. The standard InChI is InChI=1S/C20H24N2O3/c1-22(2)17-9-7-16(8-10-17)21-20(23)15-5-11-18(12-6-15)25-14-19-4-3-13-24-19/h5-12,19H,3-4,13-14H2,1-2H3,(H,21,23)/t19-/m0/s1. The normalized spacial score (nSPS) is 16.5. The lowest BCUT2D eigenvalue weighted by atomic mass is 10.2. The fourth-order valence-electron chi connectivity index (χ4n) is 2.71. The van der Waals surface area contributed by atoms with Gasteiger partial charge >= 0.3 is 0 Å². The molecule has 25 heavy (non-hydrogen) atoms. The summed E-state index contributed by atoms with van der Waals surface area (Å²) in [4.78, 5) is 14.3. The Kier molecular flexibility index (Phi) is 5.56. The number of carbonyl (C=O) groups excluding carboxylic acids is 1. The third-order valence-electron chi connectivity index (χ3n) is 4.22. The molecule has 1 aliphatic heterocycles. The van der Waals surface area contributed by atoms with Crippen molar-refractivity contribution < 1.29 is 14.3 Å². The van der Waals surface area contributed by atoms with E-state index in [-0.39, 0.29) is 12.0 Å². The first-order valence-electron chi connectivity index (χ1n) is 8.55. The summed E-state index contributed by atoms with van der Waals surface area (Å²) in [5.74, 6) is 0.616. The lowest BCUT2D eigenvalue weighted by Crippen LogP contribution is -2.16. The van der Waals surface area contributed by atoms with Gasteiger partial charge in [0, 0.05) is 37.6 Å². The van der Waals surface area contributed by atoms with Gasteiger partial charge in [0.15, 0.2) is 0 Å². The number of rotatable bonds is 6. The fourth-order valence-corrected chi connectivity index (χ4v) is 2.71. The van der Waals surface area contributed by atoms with Crippen molar-refractivity contribution >= 4 is 17.3 Å². The van der Waals surface area contributed by atoms with E-state index in [0.29, 0.717) is 12.2 Å². The van der Waals surface area contributed by atoms with Gasteiger partial charge < -0.3 is 19.7 Å². The van der Waals surface area contributed by atoms with E-state index < -0.39 is 0 Å². The summed E-state index contributed by atoms with van der Waals surface area (Å²) in [6.07, 6.45) is 2.34. The van der Waals surface area contributed by atoms with Crippen LogP contribution in [0.1, 0.15) is 23.2 Å². The number of amides is 1. The second-order valence-corrected chi connectivity index (χ2v) is 6.37. The molecule has 0 aliphatic carbocycles. The Morgan fingerprint density at radius 3 is 2.48 bits per heavy atom. The van der Waals surface area contributed by atoms with Crippen molar-refractivity contribution in [1.82, 2.24) is 0 Å². The number of ether oxygens (including phenoxy) is 2. The van der Waals surface area contributed by atoms with Gasteiger partial charge in [0.2, 0.25) is 0 Å². The molecule has 2 aromatic carbocycles. The van der Waals surface area contributed by atoms with Crippen molar-refractivity contribution in [2.24, 2.45) is 0 Å². The van der Waals surface area contributed by atoms with Gasteiger partial charge in [-0.2, -0.15) is 0 Å². The Labute approximate surface area is 148 Å². The molecule has 3 rings (SSSR count). The van der Waals surface area contributed by atoms with Gasteiger partial charge in [-0.05, 0) is 61.4 Å². The van der Waals surface area contributed by atoms with Crippen molar-refractivity contribution in [3.63, 3.8) is 0 Å². The van der Waals surface area contributed by atoms with E-state index in [9.17, 15) is 4.79 Å². The summed E-state index contributed by atoms with van der Waals surface area (Å²) in [6.45, 7) is 1.38. The molecule has 1 atom stereocenters. The smallest absolute Gasteiger partial charge is 0.255 e. The maximum Gasteiger partial charge on any atom is 0.255 e. The molecule has 0 spiro atoms. The van der Waals surface area contributed by atoms with E-state index in [4.69, 9.17) is 9.47 Å². The lowest BCUT2D eigenvalue weighted by molar-refractivity contribution is 0.0679. The number of nitrogens with zero attached hydrogens (tertiary/aromatic N) is 1. The second kappa shape index (κ2) is 8.03. The van der Waals surface area contributed by atoms with Crippen LogP contribution in [-0.4, -0.2) is 39.3 Å². The summed E-state index contributed by atoms with van der Waals surface area (Å²) >= 11 is 0. The molecular weight excluding hydrogens is 316 g/mol. The Bertz CT molecular complexity index is 690. The van der Waals surface area contributed by atoms with Gasteiger partial charge in [0.25, 0.3) is 5.91 Å². The van der Waals surface area contributed by atoms with Crippen molar-refractivity contribution in [3.8, 4) is 5.75 Å². The molecular formula is C20H24N2O3. The zero-order chi connectivity index (χ0) is 17.6. The Morgan fingerprint density at radius 2 is 1.88 bits per heavy atom. The molecule has 0 unspecified atom stereocenters. The highest BCUT2D eigenvalue weighted by Gasteiger charge is 2.16. The first-order valence-corrected chi connectivity index (χ1v) is 8.55. The molecule has 5 nitrogen and oxygen atoms in total. The molecule has 5 heteroatoms. The molecule has 2 aromatic rings. The van der Waals surface area contributed by atoms with Crippen LogP contribution >= 0.6 is 0 Å². The summed E-state index contributed by atoms with van der Waals surface area (Å²) < 4.78 is 11.3. The number of hydrogen-bond donors (Lipinski definition) is 1. The van der Waals surface area contributed by atoms with Crippen molar-refractivity contribution in [2.45, 2.75) is 18.9 Å². The van der Waals surface area contributed by atoms with Crippen LogP contribution in [-0.2, 0) is 4.74 Å². The minimum Gasteiger partial charge on any atom is -0.491 e. The molecule has 0 bridgehead atoms. The summed E-state index contributed by atoms with van der Waals surface area (Å²) in [7, 11) is 3.96. The van der Waals surface area contributed by atoms with Crippen molar-refractivity contribution in [1.29, 1.82) is 0 Å². The second-order valence-electron chi connectivity index (χ2n) is 6.37. The van der Waals surface area contributed by atoms with E-state index in [1.165, 1.54) is 0 Å². The molecule has 1 N–H and O–H groups in total. The van der Waals surface area contributed by atoms with Crippen molar-refractivity contribution in [2.75, 3.05) is 37.5 Å². The molecule has 0 saturated carbocycles. The minimum atomic E-state index is -0.136. The van der Waals surface area contributed by atoms with Crippen LogP contribution < -0.4 is 15.0 Å². The Balaban J connectivity index is 1.54. The predicted molar refractivity (Wildman–Crippen MR) is 99.6 cm³/mol. The van der Waals surface area contributed by atoms with Gasteiger partial charge in [0.1, 0.15) is 12.4 Å². The number of hydrogen-bond acceptors (Lipinski definition) is 4. The third kappa shape index (κ3) is 4.73. The molecule has 1 amide bonds. The molecule has 1 aliphatic rings.